The number of anilines is 2. The Kier molecular flexibility index (Phi) is 12.3. The molecule has 320 valence electrons. The van der Waals surface area contributed by atoms with Crippen molar-refractivity contribution in [1.82, 2.24) is 19.6 Å². The maximum atomic E-state index is 14.0. The van der Waals surface area contributed by atoms with Crippen molar-refractivity contribution >= 4 is 73.0 Å². The van der Waals surface area contributed by atoms with Crippen LogP contribution in [0, 0.1) is 15.5 Å². The molecule has 61 heavy (non-hydrogen) atoms. The summed E-state index contributed by atoms with van der Waals surface area (Å²) in [5.41, 5.74) is 5.61. The molecule has 1 fully saturated rings. The third-order valence-electron chi connectivity index (χ3n) is 11.6. The summed E-state index contributed by atoms with van der Waals surface area (Å²) in [5, 5.41) is 16.9. The number of sulfonamides is 1. The van der Waals surface area contributed by atoms with E-state index < -0.39 is 31.4 Å². The molecule has 1 atom stereocenters. The molecule has 0 bridgehead atoms. The standard InChI is InChI=1S/C44H48ClN7O7S2/c1-44(2)13-10-30(37(24-44)28-4-6-31(45)7-5-28)26-50-15-17-51(18-16-50)33-8-9-36(39(21-33)59-34-20-29-11-14-46-42(29)47-25-34)43(53)49-61(56,57)35-22-38(52(54)55)41-40(23-35)60-27-32(48-41)12-19-58-3/h4-9,11,14,20-23,25,32,48H,10,12-13,15-19,24,26-27H2,1-3H3,(H,46,47)(H,49,53)/t32-/m0/s1. The number of nitrogens with zero attached hydrogens (tertiary/aromatic N) is 4. The monoisotopic (exact) mass is 885 g/mol. The maximum absolute atomic E-state index is 14.0. The Hall–Kier alpha value is -5.13. The largest absolute Gasteiger partial charge is 0.455 e. The molecule has 0 spiro atoms. The molecular formula is C44H48ClN7O7S2. The van der Waals surface area contributed by atoms with Crippen LogP contribution in [0.25, 0.3) is 16.6 Å². The SMILES string of the molecule is COCC[C@H]1CSc2cc(S(=O)(=O)NC(=O)c3ccc(N4CCN(CC5=C(c6ccc(Cl)cc6)CC(C)(C)CC5)CC4)cc3Oc3cnc4[nH]ccc4c3)cc([N+](=O)[O-])c2N1. The molecule has 8 rings (SSSR count). The first-order valence-electron chi connectivity index (χ1n) is 20.2. The highest BCUT2D eigenvalue weighted by atomic mass is 35.5. The number of halogens is 1. The number of aromatic amines is 1. The Bertz CT molecular complexity index is 2610. The number of piperazine rings is 1. The van der Waals surface area contributed by atoms with Gasteiger partial charge in [-0.05, 0) is 84.7 Å². The Morgan fingerprint density at radius 2 is 1.87 bits per heavy atom. The van der Waals surface area contributed by atoms with Gasteiger partial charge in [-0.2, -0.15) is 0 Å². The van der Waals surface area contributed by atoms with Gasteiger partial charge < -0.3 is 24.7 Å². The number of H-pyrrole nitrogens is 1. The lowest BCUT2D eigenvalue weighted by Crippen LogP contribution is -2.47. The van der Waals surface area contributed by atoms with Crippen LogP contribution in [0.3, 0.4) is 0 Å². The van der Waals surface area contributed by atoms with Gasteiger partial charge in [-0.1, -0.05) is 43.2 Å². The molecule has 0 saturated carbocycles. The number of rotatable bonds is 13. The van der Waals surface area contributed by atoms with Crippen LogP contribution in [-0.2, 0) is 14.8 Å². The van der Waals surface area contributed by atoms with Crippen molar-refractivity contribution in [2.24, 2.45) is 5.41 Å². The Balaban J connectivity index is 1.03. The topological polar surface area (TPSA) is 172 Å². The molecule has 1 saturated heterocycles. The number of nitro groups is 1. The lowest BCUT2D eigenvalue weighted by molar-refractivity contribution is -0.384. The van der Waals surface area contributed by atoms with E-state index in [1.54, 1.807) is 37.6 Å². The van der Waals surface area contributed by atoms with Gasteiger partial charge >= 0.3 is 0 Å². The first kappa shape index (κ1) is 42.6. The van der Waals surface area contributed by atoms with E-state index in [-0.39, 0.29) is 28.5 Å². The highest BCUT2D eigenvalue weighted by Gasteiger charge is 2.33. The molecule has 0 unspecified atom stereocenters. The number of methoxy groups -OCH3 is 1. The fourth-order valence-corrected chi connectivity index (χ4v) is 10.6. The van der Waals surface area contributed by atoms with Crippen LogP contribution in [0.2, 0.25) is 5.02 Å². The second kappa shape index (κ2) is 17.7. The number of aromatic nitrogens is 2. The summed E-state index contributed by atoms with van der Waals surface area (Å²) in [6.45, 7) is 9.10. The third kappa shape index (κ3) is 9.68. The average molecular weight is 886 g/mol. The normalized spacial score (nSPS) is 18.1. The number of nitrogens with one attached hydrogen (secondary N) is 3. The van der Waals surface area contributed by atoms with Crippen LogP contribution in [0.1, 0.15) is 55.5 Å². The molecule has 1 amide bonds. The molecule has 17 heteroatoms. The van der Waals surface area contributed by atoms with E-state index in [1.165, 1.54) is 40.7 Å². The second-order valence-corrected chi connectivity index (χ2v) is 19.7. The van der Waals surface area contributed by atoms with Gasteiger partial charge in [-0.3, -0.25) is 19.8 Å². The van der Waals surface area contributed by atoms with Gasteiger partial charge in [0.05, 0.1) is 21.6 Å². The molecule has 3 aliphatic rings. The quantitative estimate of drug-likeness (QED) is 0.0760. The summed E-state index contributed by atoms with van der Waals surface area (Å²) in [7, 11) is -3.00. The second-order valence-electron chi connectivity index (χ2n) is 16.5. The van der Waals surface area contributed by atoms with E-state index in [4.69, 9.17) is 21.1 Å². The number of carbonyl (C=O) groups excluding carboxylic acids is 1. The number of hydrogen-bond donors (Lipinski definition) is 3. The van der Waals surface area contributed by atoms with E-state index in [1.807, 2.05) is 18.2 Å². The number of thioether (sulfide) groups is 1. The van der Waals surface area contributed by atoms with E-state index in [9.17, 15) is 23.3 Å². The third-order valence-corrected chi connectivity index (χ3v) is 14.4. The number of fused-ring (bicyclic) bond motifs is 2. The first-order chi connectivity index (χ1) is 29.2. The van der Waals surface area contributed by atoms with Gasteiger partial charge in [0, 0.05) is 97.6 Å². The van der Waals surface area contributed by atoms with E-state index in [0.717, 1.165) is 74.1 Å². The van der Waals surface area contributed by atoms with Gasteiger partial charge in [-0.15, -0.1) is 11.8 Å². The molecule has 0 radical (unpaired) electrons. The fourth-order valence-electron chi connectivity index (χ4n) is 8.20. The van der Waals surface area contributed by atoms with Gasteiger partial charge in [-0.25, -0.2) is 18.1 Å². The van der Waals surface area contributed by atoms with Crippen molar-refractivity contribution < 1.29 is 27.6 Å². The smallest absolute Gasteiger partial charge is 0.294 e. The minimum Gasteiger partial charge on any atom is -0.455 e. The van der Waals surface area contributed by atoms with Crippen molar-refractivity contribution in [2.75, 3.05) is 62.4 Å². The number of benzene rings is 3. The van der Waals surface area contributed by atoms with E-state index in [0.29, 0.717) is 35.1 Å². The summed E-state index contributed by atoms with van der Waals surface area (Å²) in [6.07, 6.45) is 7.10. The first-order valence-corrected chi connectivity index (χ1v) is 23.1. The van der Waals surface area contributed by atoms with Crippen molar-refractivity contribution in [1.29, 1.82) is 0 Å². The van der Waals surface area contributed by atoms with Crippen LogP contribution in [0.5, 0.6) is 11.5 Å². The zero-order valence-corrected chi connectivity index (χ0v) is 36.6. The zero-order chi connectivity index (χ0) is 42.9. The lowest BCUT2D eigenvalue weighted by Gasteiger charge is -2.39. The van der Waals surface area contributed by atoms with Gasteiger partial charge in [0.15, 0.2) is 0 Å². The van der Waals surface area contributed by atoms with Gasteiger partial charge in [0.2, 0.25) is 0 Å². The summed E-state index contributed by atoms with van der Waals surface area (Å²) >= 11 is 7.55. The number of amides is 1. The highest BCUT2D eigenvalue weighted by Crippen LogP contribution is 2.44. The summed E-state index contributed by atoms with van der Waals surface area (Å²) < 4.78 is 41.3. The number of ether oxygens (including phenoxy) is 2. The van der Waals surface area contributed by atoms with Gasteiger partial charge in [0.1, 0.15) is 22.8 Å². The molecule has 14 nitrogen and oxygen atoms in total. The minimum absolute atomic E-state index is 0.0356. The fraction of sp³-hybridized carbons (Fsp3) is 0.364. The van der Waals surface area contributed by atoms with Crippen molar-refractivity contribution in [2.45, 2.75) is 55.4 Å². The zero-order valence-electron chi connectivity index (χ0n) is 34.2. The number of pyridine rings is 1. The van der Waals surface area contributed by atoms with Crippen LogP contribution < -0.4 is 19.7 Å². The average Bonchev–Trinajstić information content (AvgIpc) is 3.71. The molecule has 2 aromatic heterocycles. The molecular weight excluding hydrogens is 838 g/mol. The number of nitro benzene ring substituents is 1. The maximum Gasteiger partial charge on any atom is 0.294 e. The van der Waals surface area contributed by atoms with Gasteiger partial charge in [0.25, 0.3) is 21.6 Å². The van der Waals surface area contributed by atoms with Crippen molar-refractivity contribution in [3.05, 3.63) is 111 Å². The van der Waals surface area contributed by atoms with Crippen molar-refractivity contribution in [3.63, 3.8) is 0 Å². The van der Waals surface area contributed by atoms with E-state index >= 15 is 0 Å². The van der Waals surface area contributed by atoms with Crippen LogP contribution in [0.4, 0.5) is 17.1 Å². The van der Waals surface area contributed by atoms with Crippen LogP contribution >= 0.6 is 23.4 Å². The molecule has 1 aliphatic carbocycles. The highest BCUT2D eigenvalue weighted by molar-refractivity contribution is 7.99. The predicted molar refractivity (Wildman–Crippen MR) is 240 cm³/mol. The Labute approximate surface area is 364 Å². The number of allylic oxidation sites excluding steroid dienone is 1. The minimum atomic E-state index is -4.58. The summed E-state index contributed by atoms with van der Waals surface area (Å²) in [4.78, 5) is 37.7. The number of hydrogen-bond acceptors (Lipinski definition) is 12. The number of carbonyl (C=O) groups is 1. The van der Waals surface area contributed by atoms with Crippen molar-refractivity contribution in [3.8, 4) is 11.5 Å². The Morgan fingerprint density at radius 1 is 1.08 bits per heavy atom. The van der Waals surface area contributed by atoms with Crippen LogP contribution in [0.15, 0.2) is 94.5 Å². The molecule has 2 aliphatic heterocycles. The molecule has 3 aromatic carbocycles. The predicted octanol–water partition coefficient (Wildman–Crippen LogP) is 8.74. The Morgan fingerprint density at radius 3 is 2.62 bits per heavy atom. The summed E-state index contributed by atoms with van der Waals surface area (Å²) in [6, 6.07) is 19.1. The lowest BCUT2D eigenvalue weighted by atomic mass is 9.72. The van der Waals surface area contributed by atoms with E-state index in [2.05, 4.69) is 55.8 Å². The van der Waals surface area contributed by atoms with Crippen LogP contribution in [-0.4, -0.2) is 92.4 Å². The molecule has 3 N–H and O–H groups in total. The summed E-state index contributed by atoms with van der Waals surface area (Å²) in [5.74, 6) is 0.0833. The molecule has 5 aromatic rings. The molecule has 4 heterocycles.